The molecule has 3 rings (SSSR count). The van der Waals surface area contributed by atoms with Gasteiger partial charge in [-0.15, -0.1) is 0 Å². The molecule has 0 saturated carbocycles. The normalized spacial score (nSPS) is 18.7. The molecule has 1 aliphatic heterocycles. The van der Waals surface area contributed by atoms with Crippen molar-refractivity contribution in [2.24, 2.45) is 0 Å². The summed E-state index contributed by atoms with van der Waals surface area (Å²) in [6.45, 7) is 3.32. The number of ether oxygens (including phenoxy) is 1. The fourth-order valence-corrected chi connectivity index (χ4v) is 2.80. The van der Waals surface area contributed by atoms with Crippen LogP contribution in [0.3, 0.4) is 0 Å². The first kappa shape index (κ1) is 14.1. The first-order chi connectivity index (χ1) is 10.3. The number of nitrogens with zero attached hydrogens (tertiary/aromatic N) is 2. The molecule has 0 amide bonds. The van der Waals surface area contributed by atoms with Crippen LogP contribution in [-0.2, 0) is 0 Å². The number of hydrogen-bond donors (Lipinski definition) is 1. The summed E-state index contributed by atoms with van der Waals surface area (Å²) in [4.78, 5) is 4.23. The highest BCUT2D eigenvalue weighted by Crippen LogP contribution is 2.27. The molecule has 1 saturated heterocycles. The summed E-state index contributed by atoms with van der Waals surface area (Å²) >= 11 is 0. The molecule has 0 spiro atoms. The fraction of sp³-hybridized carbons (Fsp3) is 0.438. The minimum absolute atomic E-state index is 0.288. The van der Waals surface area contributed by atoms with E-state index in [0.717, 1.165) is 24.3 Å². The molecule has 1 N–H and O–H groups in total. The number of aromatic nitrogens is 2. The Bertz CT molecular complexity index is 605. The average molecular weight is 289 g/mol. The molecule has 0 aliphatic carbocycles. The van der Waals surface area contributed by atoms with Crippen LogP contribution >= 0.6 is 0 Å². The predicted molar refractivity (Wildman–Crippen MR) is 79.3 cm³/mol. The lowest BCUT2D eigenvalue weighted by Gasteiger charge is -2.24. The van der Waals surface area contributed by atoms with Crippen LogP contribution in [0.1, 0.15) is 37.9 Å². The van der Waals surface area contributed by atoms with Gasteiger partial charge in [0.05, 0.1) is 30.5 Å². The minimum Gasteiger partial charge on any atom is -0.491 e. The van der Waals surface area contributed by atoms with Crippen molar-refractivity contribution in [1.82, 2.24) is 14.9 Å². The lowest BCUT2D eigenvalue weighted by Crippen LogP contribution is -2.28. The van der Waals surface area contributed by atoms with E-state index in [1.807, 2.05) is 23.8 Å². The van der Waals surface area contributed by atoms with Gasteiger partial charge in [-0.05, 0) is 38.4 Å². The second-order valence-electron chi connectivity index (χ2n) is 5.24. The van der Waals surface area contributed by atoms with Crippen LogP contribution in [0.25, 0.3) is 5.69 Å². The van der Waals surface area contributed by atoms with Crippen molar-refractivity contribution >= 4 is 0 Å². The highest BCUT2D eigenvalue weighted by Gasteiger charge is 2.19. The maximum atomic E-state index is 14.0. The summed E-state index contributed by atoms with van der Waals surface area (Å²) in [5.74, 6) is -0.0516. The molecule has 1 fully saturated rings. The second kappa shape index (κ2) is 6.26. The van der Waals surface area contributed by atoms with Gasteiger partial charge in [-0.1, -0.05) is 6.42 Å². The molecule has 0 radical (unpaired) electrons. The number of hydrogen-bond acceptors (Lipinski definition) is 3. The van der Waals surface area contributed by atoms with Gasteiger partial charge in [-0.25, -0.2) is 9.37 Å². The van der Waals surface area contributed by atoms with Crippen molar-refractivity contribution in [2.45, 2.75) is 32.2 Å². The monoisotopic (exact) mass is 289 g/mol. The maximum Gasteiger partial charge on any atom is 0.167 e. The van der Waals surface area contributed by atoms with Crippen molar-refractivity contribution in [3.8, 4) is 11.4 Å². The SMILES string of the molecule is CCOc1ccc(-n2cncc2C2CCCCN2)cc1F. The Morgan fingerprint density at radius 3 is 3.05 bits per heavy atom. The summed E-state index contributed by atoms with van der Waals surface area (Å²) in [5, 5.41) is 3.50. The minimum atomic E-state index is -0.342. The van der Waals surface area contributed by atoms with Crippen molar-refractivity contribution in [3.05, 3.63) is 42.2 Å². The van der Waals surface area contributed by atoms with E-state index in [1.165, 1.54) is 18.9 Å². The first-order valence-corrected chi connectivity index (χ1v) is 7.48. The lowest BCUT2D eigenvalue weighted by atomic mass is 10.0. The Balaban J connectivity index is 1.90. The van der Waals surface area contributed by atoms with E-state index in [-0.39, 0.29) is 11.9 Å². The first-order valence-electron chi connectivity index (χ1n) is 7.48. The van der Waals surface area contributed by atoms with E-state index in [2.05, 4.69) is 10.3 Å². The van der Waals surface area contributed by atoms with Gasteiger partial charge in [0.15, 0.2) is 11.6 Å². The zero-order chi connectivity index (χ0) is 14.7. The number of nitrogens with one attached hydrogen (secondary N) is 1. The predicted octanol–water partition coefficient (Wildman–Crippen LogP) is 3.22. The van der Waals surface area contributed by atoms with Gasteiger partial charge in [0.25, 0.3) is 0 Å². The highest BCUT2D eigenvalue weighted by atomic mass is 19.1. The highest BCUT2D eigenvalue weighted by molar-refractivity contribution is 5.40. The van der Waals surface area contributed by atoms with Crippen molar-refractivity contribution in [1.29, 1.82) is 0 Å². The number of benzene rings is 1. The summed E-state index contributed by atoms with van der Waals surface area (Å²) in [5.41, 5.74) is 1.86. The van der Waals surface area contributed by atoms with Crippen LogP contribution in [0.5, 0.6) is 5.75 Å². The van der Waals surface area contributed by atoms with Crippen LogP contribution in [0.2, 0.25) is 0 Å². The molecule has 1 atom stereocenters. The summed E-state index contributed by atoms with van der Waals surface area (Å²) in [6.07, 6.45) is 7.10. The van der Waals surface area contributed by atoms with Gasteiger partial charge in [0, 0.05) is 12.1 Å². The average Bonchev–Trinajstić information content (AvgIpc) is 3.00. The van der Waals surface area contributed by atoms with Gasteiger partial charge < -0.3 is 14.6 Å². The van der Waals surface area contributed by atoms with E-state index < -0.39 is 0 Å². The molecule has 21 heavy (non-hydrogen) atoms. The molecule has 1 unspecified atom stereocenters. The van der Waals surface area contributed by atoms with Crippen LogP contribution in [0.4, 0.5) is 4.39 Å². The van der Waals surface area contributed by atoms with Gasteiger partial charge in [0.1, 0.15) is 0 Å². The van der Waals surface area contributed by atoms with Crippen molar-refractivity contribution in [2.75, 3.05) is 13.2 Å². The molecule has 0 bridgehead atoms. The molecule has 4 nitrogen and oxygen atoms in total. The van der Waals surface area contributed by atoms with Gasteiger partial charge in [-0.2, -0.15) is 0 Å². The van der Waals surface area contributed by atoms with Gasteiger partial charge in [-0.3, -0.25) is 0 Å². The van der Waals surface area contributed by atoms with Crippen LogP contribution in [0.15, 0.2) is 30.7 Å². The molecular weight excluding hydrogens is 269 g/mol. The molecule has 2 heterocycles. The van der Waals surface area contributed by atoms with E-state index in [1.54, 1.807) is 12.4 Å². The number of piperidine rings is 1. The standard InChI is InChI=1S/C16H20FN3O/c1-2-21-16-7-6-12(9-13(16)17)20-11-18-10-15(20)14-5-3-4-8-19-14/h6-7,9-11,14,19H,2-5,8H2,1H3. The molecular formula is C16H20FN3O. The van der Waals surface area contributed by atoms with E-state index in [9.17, 15) is 4.39 Å². The quantitative estimate of drug-likeness (QED) is 0.939. The summed E-state index contributed by atoms with van der Waals surface area (Å²) < 4.78 is 21.2. The third kappa shape index (κ3) is 2.93. The molecule has 1 aromatic heterocycles. The molecule has 1 aliphatic rings. The van der Waals surface area contributed by atoms with Crippen molar-refractivity contribution < 1.29 is 9.13 Å². The lowest BCUT2D eigenvalue weighted by molar-refractivity contribution is 0.321. The molecule has 2 aromatic rings. The third-order valence-electron chi connectivity index (χ3n) is 3.83. The Kier molecular flexibility index (Phi) is 4.20. The molecule has 1 aromatic carbocycles. The number of imidazole rings is 1. The van der Waals surface area contributed by atoms with Crippen molar-refractivity contribution in [3.63, 3.8) is 0 Å². The Morgan fingerprint density at radius 1 is 1.43 bits per heavy atom. The van der Waals surface area contributed by atoms with E-state index in [0.29, 0.717) is 12.4 Å². The Hall–Kier alpha value is -1.88. The fourth-order valence-electron chi connectivity index (χ4n) is 2.80. The van der Waals surface area contributed by atoms with Crippen LogP contribution in [0, 0.1) is 5.82 Å². The molecule has 112 valence electrons. The van der Waals surface area contributed by atoms with E-state index in [4.69, 9.17) is 4.74 Å². The van der Waals surface area contributed by atoms with Crippen LogP contribution in [-0.4, -0.2) is 22.7 Å². The third-order valence-corrected chi connectivity index (χ3v) is 3.83. The topological polar surface area (TPSA) is 39.1 Å². The zero-order valence-corrected chi connectivity index (χ0v) is 12.2. The zero-order valence-electron chi connectivity index (χ0n) is 12.2. The van der Waals surface area contributed by atoms with Gasteiger partial charge in [0.2, 0.25) is 0 Å². The maximum absolute atomic E-state index is 14.0. The largest absolute Gasteiger partial charge is 0.491 e. The second-order valence-corrected chi connectivity index (χ2v) is 5.24. The van der Waals surface area contributed by atoms with Gasteiger partial charge >= 0.3 is 0 Å². The smallest absolute Gasteiger partial charge is 0.167 e. The van der Waals surface area contributed by atoms with Crippen LogP contribution < -0.4 is 10.1 Å². The van der Waals surface area contributed by atoms with E-state index >= 15 is 0 Å². The number of rotatable bonds is 4. The molecule has 5 heteroatoms. The summed E-state index contributed by atoms with van der Waals surface area (Å²) in [7, 11) is 0. The summed E-state index contributed by atoms with van der Waals surface area (Å²) in [6, 6.07) is 5.32. The number of halogens is 1. The Labute approximate surface area is 124 Å². The Morgan fingerprint density at radius 2 is 2.33 bits per heavy atom.